The highest BCUT2D eigenvalue weighted by Gasteiger charge is 2.36. The number of hydrogen-bond donors (Lipinski definition) is 1. The van der Waals surface area contributed by atoms with Crippen molar-refractivity contribution in [1.29, 1.82) is 0 Å². The van der Waals surface area contributed by atoms with E-state index in [4.69, 9.17) is 9.47 Å². The van der Waals surface area contributed by atoms with Gasteiger partial charge in [0.25, 0.3) is 11.1 Å². The molecule has 1 aliphatic heterocycles. The first kappa shape index (κ1) is 25.4. The van der Waals surface area contributed by atoms with Crippen LogP contribution in [0.25, 0.3) is 6.08 Å². The molecule has 1 aliphatic rings. The van der Waals surface area contributed by atoms with E-state index in [1.165, 1.54) is 0 Å². The Labute approximate surface area is 204 Å². The minimum atomic E-state index is -0.497. The molecule has 2 aromatic carbocycles. The number of aryl methyl sites for hydroxylation is 2. The largest absolute Gasteiger partial charge is 0.490 e. The highest BCUT2D eigenvalue weighted by atomic mass is 32.2. The van der Waals surface area contributed by atoms with Crippen molar-refractivity contribution in [2.45, 2.75) is 47.1 Å². The van der Waals surface area contributed by atoms with Gasteiger partial charge in [0.05, 0.1) is 17.6 Å². The highest BCUT2D eigenvalue weighted by molar-refractivity contribution is 8.18. The summed E-state index contributed by atoms with van der Waals surface area (Å²) in [6.07, 6.45) is 2.52. The van der Waals surface area contributed by atoms with E-state index in [1.54, 1.807) is 30.3 Å². The van der Waals surface area contributed by atoms with Crippen molar-refractivity contribution in [3.05, 3.63) is 58.0 Å². The molecule has 180 valence electrons. The fraction of sp³-hybridized carbons (Fsp3) is 0.346. The number of carbonyl (C=O) groups is 3. The summed E-state index contributed by atoms with van der Waals surface area (Å²) in [5.74, 6) is 0.275. The zero-order valence-electron chi connectivity index (χ0n) is 20.1. The second kappa shape index (κ2) is 11.2. The Morgan fingerprint density at radius 3 is 2.56 bits per heavy atom. The summed E-state index contributed by atoms with van der Waals surface area (Å²) < 4.78 is 11.6. The average molecular weight is 483 g/mol. The Morgan fingerprint density at radius 2 is 1.88 bits per heavy atom. The first-order valence-corrected chi connectivity index (χ1v) is 12.1. The topological polar surface area (TPSA) is 84.9 Å². The zero-order chi connectivity index (χ0) is 24.8. The van der Waals surface area contributed by atoms with Gasteiger partial charge in [-0.25, -0.2) is 0 Å². The first-order valence-electron chi connectivity index (χ1n) is 11.3. The molecule has 1 N–H and O–H groups in total. The summed E-state index contributed by atoms with van der Waals surface area (Å²) >= 11 is 0.814. The van der Waals surface area contributed by atoms with Crippen molar-refractivity contribution in [1.82, 2.24) is 4.90 Å². The van der Waals surface area contributed by atoms with E-state index in [9.17, 15) is 14.4 Å². The van der Waals surface area contributed by atoms with Gasteiger partial charge < -0.3 is 14.8 Å². The number of carbonyl (C=O) groups excluding carboxylic acids is 3. The van der Waals surface area contributed by atoms with Gasteiger partial charge >= 0.3 is 0 Å². The number of nitrogens with one attached hydrogen (secondary N) is 1. The van der Waals surface area contributed by atoms with Gasteiger partial charge in [-0.15, -0.1) is 0 Å². The Kier molecular flexibility index (Phi) is 8.39. The third-order valence-corrected chi connectivity index (χ3v) is 6.21. The minimum Gasteiger partial charge on any atom is -0.490 e. The number of hydrogen-bond acceptors (Lipinski definition) is 6. The van der Waals surface area contributed by atoms with Gasteiger partial charge in [-0.05, 0) is 81.3 Å². The molecule has 0 saturated carbocycles. The molecule has 0 aromatic heterocycles. The van der Waals surface area contributed by atoms with Crippen LogP contribution < -0.4 is 14.8 Å². The van der Waals surface area contributed by atoms with Crippen LogP contribution in [0.5, 0.6) is 11.5 Å². The molecular formula is C26H30N2O5S. The number of ether oxygens (including phenoxy) is 2. The molecule has 1 heterocycles. The molecule has 0 unspecified atom stereocenters. The minimum absolute atomic E-state index is 0.0383. The predicted molar refractivity (Wildman–Crippen MR) is 135 cm³/mol. The SMILES string of the molecule is CCOc1cc(/C=C2/SC(=O)N(CC(=O)Nc3ccc(C)cc3C)C2=O)ccc1O[C@@H](C)CC. The third-order valence-electron chi connectivity index (χ3n) is 5.30. The van der Waals surface area contributed by atoms with Crippen LogP contribution in [0.15, 0.2) is 41.3 Å². The Bertz CT molecular complexity index is 1130. The zero-order valence-corrected chi connectivity index (χ0v) is 21.0. The number of anilines is 1. The maximum atomic E-state index is 12.9. The molecule has 3 amide bonds. The van der Waals surface area contributed by atoms with E-state index in [1.807, 2.05) is 46.8 Å². The van der Waals surface area contributed by atoms with Gasteiger partial charge in [0.15, 0.2) is 11.5 Å². The molecule has 7 nitrogen and oxygen atoms in total. The van der Waals surface area contributed by atoms with Crippen molar-refractivity contribution in [3.63, 3.8) is 0 Å². The van der Waals surface area contributed by atoms with Crippen LogP contribution >= 0.6 is 11.8 Å². The van der Waals surface area contributed by atoms with Crippen LogP contribution in [-0.2, 0) is 9.59 Å². The predicted octanol–water partition coefficient (Wildman–Crippen LogP) is 5.55. The van der Waals surface area contributed by atoms with Crippen LogP contribution in [0.3, 0.4) is 0 Å². The van der Waals surface area contributed by atoms with E-state index >= 15 is 0 Å². The van der Waals surface area contributed by atoms with E-state index in [2.05, 4.69) is 5.32 Å². The van der Waals surface area contributed by atoms with Crippen molar-refractivity contribution < 1.29 is 23.9 Å². The summed E-state index contributed by atoms with van der Waals surface area (Å²) in [7, 11) is 0. The molecule has 0 spiro atoms. The van der Waals surface area contributed by atoms with Gasteiger partial charge in [-0.1, -0.05) is 30.7 Å². The molecule has 0 aliphatic carbocycles. The van der Waals surface area contributed by atoms with E-state index in [0.717, 1.165) is 34.2 Å². The van der Waals surface area contributed by atoms with Crippen molar-refractivity contribution >= 4 is 40.6 Å². The molecule has 0 bridgehead atoms. The molecule has 34 heavy (non-hydrogen) atoms. The normalized spacial score (nSPS) is 15.6. The fourth-order valence-electron chi connectivity index (χ4n) is 3.36. The average Bonchev–Trinajstić information content (AvgIpc) is 3.04. The second-order valence-electron chi connectivity index (χ2n) is 8.11. The summed E-state index contributed by atoms with van der Waals surface area (Å²) in [4.78, 5) is 39.0. The lowest BCUT2D eigenvalue weighted by Crippen LogP contribution is -2.36. The maximum absolute atomic E-state index is 12.9. The number of amides is 3. The highest BCUT2D eigenvalue weighted by Crippen LogP contribution is 2.35. The number of rotatable bonds is 9. The van der Waals surface area contributed by atoms with Gasteiger partial charge in [0.2, 0.25) is 5.91 Å². The van der Waals surface area contributed by atoms with Crippen LogP contribution in [0.4, 0.5) is 10.5 Å². The number of imide groups is 1. The molecule has 0 radical (unpaired) electrons. The number of thioether (sulfide) groups is 1. The van der Waals surface area contributed by atoms with Gasteiger partial charge in [-0.2, -0.15) is 0 Å². The molecule has 3 rings (SSSR count). The monoisotopic (exact) mass is 482 g/mol. The standard InChI is InChI=1S/C26H30N2O5S/c1-6-18(5)33-21-11-9-19(13-22(21)32-7-2)14-23-25(30)28(26(31)34-23)15-24(29)27-20-10-8-16(3)12-17(20)4/h8-14,18H,6-7,15H2,1-5H3,(H,27,29)/b23-14+/t18-/m0/s1. The van der Waals surface area contributed by atoms with Gasteiger partial charge in [-0.3, -0.25) is 19.3 Å². The number of nitrogens with zero attached hydrogens (tertiary/aromatic N) is 1. The number of benzene rings is 2. The third kappa shape index (κ3) is 6.20. The molecule has 8 heteroatoms. The summed E-state index contributed by atoms with van der Waals surface area (Å²) in [6, 6.07) is 11.0. The molecule has 1 saturated heterocycles. The van der Waals surface area contributed by atoms with E-state index in [0.29, 0.717) is 29.4 Å². The molecule has 1 fully saturated rings. The first-order chi connectivity index (χ1) is 16.2. The van der Waals surface area contributed by atoms with Crippen LogP contribution in [0.1, 0.15) is 43.9 Å². The molecule has 1 atom stereocenters. The van der Waals surface area contributed by atoms with Gasteiger partial charge in [0, 0.05) is 5.69 Å². The van der Waals surface area contributed by atoms with Crippen LogP contribution in [-0.4, -0.2) is 41.2 Å². The molecule has 2 aromatic rings. The van der Waals surface area contributed by atoms with E-state index < -0.39 is 17.1 Å². The maximum Gasteiger partial charge on any atom is 0.294 e. The van der Waals surface area contributed by atoms with Crippen LogP contribution in [0, 0.1) is 13.8 Å². The summed E-state index contributed by atoms with van der Waals surface area (Å²) in [6.45, 7) is 9.88. The van der Waals surface area contributed by atoms with Crippen molar-refractivity contribution in [2.24, 2.45) is 0 Å². The summed E-state index contributed by atoms with van der Waals surface area (Å²) in [5, 5.41) is 2.30. The smallest absolute Gasteiger partial charge is 0.294 e. The van der Waals surface area contributed by atoms with Gasteiger partial charge in [0.1, 0.15) is 6.54 Å². The molecular weight excluding hydrogens is 452 g/mol. The Morgan fingerprint density at radius 1 is 1.12 bits per heavy atom. The van der Waals surface area contributed by atoms with Crippen LogP contribution in [0.2, 0.25) is 0 Å². The second-order valence-corrected chi connectivity index (χ2v) is 9.10. The fourth-order valence-corrected chi connectivity index (χ4v) is 4.19. The quantitative estimate of drug-likeness (QED) is 0.472. The lowest BCUT2D eigenvalue weighted by Gasteiger charge is -2.16. The van der Waals surface area contributed by atoms with E-state index in [-0.39, 0.29) is 17.6 Å². The summed E-state index contributed by atoms with van der Waals surface area (Å²) in [5.41, 5.74) is 3.35. The van der Waals surface area contributed by atoms with Crippen molar-refractivity contribution in [3.8, 4) is 11.5 Å². The lowest BCUT2D eigenvalue weighted by atomic mass is 10.1. The Balaban J connectivity index is 1.73. The Hall–Kier alpha value is -3.26. The van der Waals surface area contributed by atoms with Crippen molar-refractivity contribution in [2.75, 3.05) is 18.5 Å². The lowest BCUT2D eigenvalue weighted by molar-refractivity contribution is -0.127.